The van der Waals surface area contributed by atoms with Gasteiger partial charge in [0, 0.05) is 11.4 Å². The summed E-state index contributed by atoms with van der Waals surface area (Å²) in [4.78, 5) is 25.5. The second-order valence-electron chi connectivity index (χ2n) is 4.77. The molecule has 1 aliphatic carbocycles. The predicted molar refractivity (Wildman–Crippen MR) is 70.6 cm³/mol. The average molecular weight is 290 g/mol. The number of halogens is 1. The van der Waals surface area contributed by atoms with E-state index in [1.165, 1.54) is 12.1 Å². The van der Waals surface area contributed by atoms with Gasteiger partial charge in [-0.3, -0.25) is 9.59 Å². The number of fused-ring (bicyclic) bond motifs is 1. The Morgan fingerprint density at radius 2 is 2.14 bits per heavy atom. The van der Waals surface area contributed by atoms with Crippen molar-refractivity contribution in [3.8, 4) is 5.88 Å². The van der Waals surface area contributed by atoms with Gasteiger partial charge in [-0.15, -0.1) is 10.2 Å². The third-order valence-electron chi connectivity index (χ3n) is 3.06. The molecule has 0 atom stereocenters. The highest BCUT2D eigenvalue weighted by Gasteiger charge is 2.26. The van der Waals surface area contributed by atoms with Crippen LogP contribution in [-0.4, -0.2) is 27.9 Å². The lowest BCUT2D eigenvalue weighted by Crippen LogP contribution is -2.31. The molecule has 0 unspecified atom stereocenters. The molecule has 1 heterocycles. The van der Waals surface area contributed by atoms with Crippen molar-refractivity contribution in [1.29, 1.82) is 0 Å². The molecule has 1 aromatic carbocycles. The van der Waals surface area contributed by atoms with Gasteiger partial charge in [-0.25, -0.2) is 4.39 Å². The van der Waals surface area contributed by atoms with E-state index in [2.05, 4.69) is 20.5 Å². The Morgan fingerprint density at radius 3 is 2.86 bits per heavy atom. The van der Waals surface area contributed by atoms with Gasteiger partial charge in [0.05, 0.1) is 5.52 Å². The predicted octanol–water partition coefficient (Wildman–Crippen LogP) is 1.90. The Labute approximate surface area is 117 Å². The number of hydrogen-bond donors (Lipinski definition) is 3. The third-order valence-corrected chi connectivity index (χ3v) is 3.06. The molecule has 8 heteroatoms. The lowest BCUT2D eigenvalue weighted by atomic mass is 10.2. The average Bonchev–Trinajstić information content (AvgIpc) is 3.19. The summed E-state index contributed by atoms with van der Waals surface area (Å²) in [6.45, 7) is 0. The van der Waals surface area contributed by atoms with E-state index >= 15 is 0 Å². The van der Waals surface area contributed by atoms with Crippen molar-refractivity contribution in [1.82, 2.24) is 10.3 Å². The second-order valence-corrected chi connectivity index (χ2v) is 4.77. The van der Waals surface area contributed by atoms with Crippen LogP contribution in [0.5, 0.6) is 5.88 Å². The minimum atomic E-state index is -1.06. The largest absolute Gasteiger partial charge is 0.493 e. The summed E-state index contributed by atoms with van der Waals surface area (Å²) in [5, 5.41) is 19.2. The standard InChI is InChI=1S/C13H11FN4O3/c14-6-1-4-9-8(5-6)10(11(19)16-9)17-18-13(21)12(20)15-7-2-3-7/h1,4-5,7,16,19H,2-3H2,(H,15,20). The van der Waals surface area contributed by atoms with Crippen LogP contribution < -0.4 is 5.32 Å². The summed E-state index contributed by atoms with van der Waals surface area (Å²) in [5.74, 6) is -2.77. The normalized spacial score (nSPS) is 14.7. The maximum absolute atomic E-state index is 13.2. The fourth-order valence-corrected chi connectivity index (χ4v) is 1.85. The minimum Gasteiger partial charge on any atom is -0.493 e. The highest BCUT2D eigenvalue weighted by molar-refractivity contribution is 6.35. The van der Waals surface area contributed by atoms with Crippen LogP contribution in [0.25, 0.3) is 10.9 Å². The topological polar surface area (TPSA) is 107 Å². The van der Waals surface area contributed by atoms with Crippen LogP contribution in [-0.2, 0) is 9.59 Å². The van der Waals surface area contributed by atoms with Gasteiger partial charge in [0.15, 0.2) is 5.69 Å². The Balaban J connectivity index is 1.84. The number of aromatic nitrogens is 1. The van der Waals surface area contributed by atoms with Crippen LogP contribution in [0.4, 0.5) is 10.1 Å². The lowest BCUT2D eigenvalue weighted by molar-refractivity contribution is -0.137. The molecule has 108 valence electrons. The van der Waals surface area contributed by atoms with Gasteiger partial charge < -0.3 is 15.4 Å². The molecule has 0 radical (unpaired) electrons. The number of H-pyrrole nitrogens is 1. The van der Waals surface area contributed by atoms with Gasteiger partial charge in [0.1, 0.15) is 5.82 Å². The first-order valence-electron chi connectivity index (χ1n) is 6.31. The Morgan fingerprint density at radius 1 is 1.38 bits per heavy atom. The van der Waals surface area contributed by atoms with Gasteiger partial charge in [0.25, 0.3) is 0 Å². The zero-order valence-electron chi connectivity index (χ0n) is 10.8. The summed E-state index contributed by atoms with van der Waals surface area (Å²) in [7, 11) is 0. The van der Waals surface area contributed by atoms with E-state index in [1.54, 1.807) is 0 Å². The summed E-state index contributed by atoms with van der Waals surface area (Å²) in [6.07, 6.45) is 1.69. The smallest absolute Gasteiger partial charge is 0.353 e. The number of aromatic amines is 1. The number of azo groups is 1. The molecule has 2 aromatic rings. The molecule has 1 aliphatic rings. The highest BCUT2D eigenvalue weighted by atomic mass is 19.1. The third kappa shape index (κ3) is 2.73. The fourth-order valence-electron chi connectivity index (χ4n) is 1.85. The van der Waals surface area contributed by atoms with E-state index in [0.29, 0.717) is 5.52 Å². The maximum atomic E-state index is 13.2. The zero-order chi connectivity index (χ0) is 15.0. The van der Waals surface area contributed by atoms with Gasteiger partial charge in [-0.2, -0.15) is 0 Å². The van der Waals surface area contributed by atoms with Crippen LogP contribution in [0.3, 0.4) is 0 Å². The van der Waals surface area contributed by atoms with Crippen LogP contribution >= 0.6 is 0 Å². The van der Waals surface area contributed by atoms with Crippen molar-refractivity contribution in [2.45, 2.75) is 18.9 Å². The van der Waals surface area contributed by atoms with Crippen LogP contribution in [0.15, 0.2) is 28.4 Å². The van der Waals surface area contributed by atoms with E-state index in [0.717, 1.165) is 18.9 Å². The van der Waals surface area contributed by atoms with Crippen LogP contribution in [0.2, 0.25) is 0 Å². The molecule has 3 rings (SSSR count). The van der Waals surface area contributed by atoms with Crippen molar-refractivity contribution in [2.24, 2.45) is 10.2 Å². The van der Waals surface area contributed by atoms with Crippen molar-refractivity contribution >= 4 is 28.4 Å². The molecule has 1 saturated carbocycles. The number of rotatable bonds is 2. The number of carbonyl (C=O) groups excluding carboxylic acids is 2. The molecule has 0 spiro atoms. The van der Waals surface area contributed by atoms with Crippen molar-refractivity contribution in [3.05, 3.63) is 24.0 Å². The summed E-state index contributed by atoms with van der Waals surface area (Å²) >= 11 is 0. The monoisotopic (exact) mass is 290 g/mol. The highest BCUT2D eigenvalue weighted by Crippen LogP contribution is 2.35. The van der Waals surface area contributed by atoms with Gasteiger partial charge >= 0.3 is 11.8 Å². The number of carbonyl (C=O) groups is 2. The molecule has 3 N–H and O–H groups in total. The number of nitrogens with zero attached hydrogens (tertiary/aromatic N) is 2. The van der Waals surface area contributed by atoms with E-state index < -0.39 is 17.6 Å². The minimum absolute atomic E-state index is 0.0345. The number of nitrogens with one attached hydrogen (secondary N) is 2. The summed E-state index contributed by atoms with van der Waals surface area (Å²) < 4.78 is 13.2. The molecular formula is C13H11FN4O3. The number of hydrogen-bond acceptors (Lipinski definition) is 4. The number of aromatic hydroxyl groups is 1. The Hall–Kier alpha value is -2.77. The molecular weight excluding hydrogens is 279 g/mol. The Kier molecular flexibility index (Phi) is 3.13. The molecule has 21 heavy (non-hydrogen) atoms. The van der Waals surface area contributed by atoms with Crippen molar-refractivity contribution < 1.29 is 19.1 Å². The maximum Gasteiger partial charge on any atom is 0.353 e. The Bertz CT molecular complexity index is 764. The first-order valence-corrected chi connectivity index (χ1v) is 6.31. The van der Waals surface area contributed by atoms with Crippen molar-refractivity contribution in [2.75, 3.05) is 0 Å². The first kappa shape index (κ1) is 13.2. The van der Waals surface area contributed by atoms with Gasteiger partial charge in [-0.05, 0) is 31.0 Å². The molecule has 1 aromatic heterocycles. The van der Waals surface area contributed by atoms with Crippen molar-refractivity contribution in [3.63, 3.8) is 0 Å². The number of amides is 2. The van der Waals surface area contributed by atoms with E-state index in [1.807, 2.05) is 0 Å². The molecule has 7 nitrogen and oxygen atoms in total. The second kappa shape index (κ2) is 4.97. The SMILES string of the molecule is O=C(N=Nc1c(O)[nH]c2ccc(F)cc12)C(=O)NC1CC1. The zero-order valence-corrected chi connectivity index (χ0v) is 10.8. The number of benzene rings is 1. The summed E-state index contributed by atoms with van der Waals surface area (Å²) in [5.41, 5.74) is 0.356. The molecule has 2 amide bonds. The fraction of sp³-hybridized carbons (Fsp3) is 0.231. The first-order chi connectivity index (χ1) is 10.0. The van der Waals surface area contributed by atoms with Gasteiger partial charge in [-0.1, -0.05) is 0 Å². The lowest BCUT2D eigenvalue weighted by Gasteiger charge is -1.96. The molecule has 0 bridgehead atoms. The van der Waals surface area contributed by atoms with Crippen LogP contribution in [0, 0.1) is 5.82 Å². The molecule has 1 fully saturated rings. The van der Waals surface area contributed by atoms with E-state index in [-0.39, 0.29) is 23.0 Å². The van der Waals surface area contributed by atoms with E-state index in [4.69, 9.17) is 0 Å². The van der Waals surface area contributed by atoms with Gasteiger partial charge in [0.2, 0.25) is 5.88 Å². The van der Waals surface area contributed by atoms with Crippen LogP contribution in [0.1, 0.15) is 12.8 Å². The molecule has 0 saturated heterocycles. The summed E-state index contributed by atoms with van der Waals surface area (Å²) in [6, 6.07) is 3.82. The molecule has 0 aliphatic heterocycles. The quantitative estimate of drug-likeness (QED) is 0.580. The van der Waals surface area contributed by atoms with E-state index in [9.17, 15) is 19.1 Å².